The SMILES string of the molecule is FC(F)(F)c1cccc(Cl)c1C1COCCN1. The summed E-state index contributed by atoms with van der Waals surface area (Å²) < 4.78 is 43.7. The van der Waals surface area contributed by atoms with E-state index in [1.165, 1.54) is 12.1 Å². The summed E-state index contributed by atoms with van der Waals surface area (Å²) in [5.74, 6) is 0. The molecule has 2 nitrogen and oxygen atoms in total. The minimum absolute atomic E-state index is 0.0707. The Morgan fingerprint density at radius 3 is 2.71 bits per heavy atom. The zero-order chi connectivity index (χ0) is 12.5. The van der Waals surface area contributed by atoms with Crippen molar-refractivity contribution in [2.24, 2.45) is 0 Å². The average Bonchev–Trinajstić information content (AvgIpc) is 2.28. The van der Waals surface area contributed by atoms with E-state index in [1.807, 2.05) is 0 Å². The maximum atomic E-state index is 12.9. The Kier molecular flexibility index (Phi) is 3.61. The van der Waals surface area contributed by atoms with E-state index in [4.69, 9.17) is 16.3 Å². The minimum atomic E-state index is -4.40. The van der Waals surface area contributed by atoms with Crippen molar-refractivity contribution in [1.29, 1.82) is 0 Å². The van der Waals surface area contributed by atoms with E-state index in [2.05, 4.69) is 5.32 Å². The van der Waals surface area contributed by atoms with Gasteiger partial charge in [-0.3, -0.25) is 0 Å². The van der Waals surface area contributed by atoms with Gasteiger partial charge in [0, 0.05) is 17.1 Å². The van der Waals surface area contributed by atoms with Gasteiger partial charge < -0.3 is 10.1 Å². The molecular formula is C11H11ClF3NO. The first-order valence-corrected chi connectivity index (χ1v) is 5.54. The van der Waals surface area contributed by atoms with Crippen molar-refractivity contribution in [1.82, 2.24) is 5.32 Å². The van der Waals surface area contributed by atoms with Crippen molar-refractivity contribution in [2.45, 2.75) is 12.2 Å². The maximum absolute atomic E-state index is 12.9. The standard InChI is InChI=1S/C11H11ClF3NO/c12-8-3-1-2-7(11(13,14)15)10(8)9-6-17-5-4-16-9/h1-3,9,16H,4-6H2. The van der Waals surface area contributed by atoms with Crippen molar-refractivity contribution in [3.8, 4) is 0 Å². The summed E-state index contributed by atoms with van der Waals surface area (Å²) in [7, 11) is 0. The zero-order valence-corrected chi connectivity index (χ0v) is 9.61. The van der Waals surface area contributed by atoms with Gasteiger partial charge in [0.1, 0.15) is 0 Å². The van der Waals surface area contributed by atoms with E-state index < -0.39 is 17.8 Å². The Morgan fingerprint density at radius 1 is 1.35 bits per heavy atom. The predicted molar refractivity (Wildman–Crippen MR) is 58.0 cm³/mol. The lowest BCUT2D eigenvalue weighted by Crippen LogP contribution is -2.36. The van der Waals surface area contributed by atoms with Crippen molar-refractivity contribution < 1.29 is 17.9 Å². The largest absolute Gasteiger partial charge is 0.416 e. The summed E-state index contributed by atoms with van der Waals surface area (Å²) in [6.45, 7) is 1.22. The van der Waals surface area contributed by atoms with E-state index in [1.54, 1.807) is 0 Å². The molecule has 0 aliphatic carbocycles. The Bertz CT molecular complexity index is 402. The van der Waals surface area contributed by atoms with E-state index in [0.29, 0.717) is 13.2 Å². The first kappa shape index (κ1) is 12.7. The molecule has 0 radical (unpaired) electrons. The molecule has 0 saturated carbocycles. The molecule has 1 unspecified atom stereocenters. The van der Waals surface area contributed by atoms with Crippen LogP contribution in [-0.4, -0.2) is 19.8 Å². The van der Waals surface area contributed by atoms with Gasteiger partial charge in [0.15, 0.2) is 0 Å². The lowest BCUT2D eigenvalue weighted by atomic mass is 9.99. The Balaban J connectivity index is 2.43. The smallest absolute Gasteiger partial charge is 0.378 e. The number of halogens is 4. The fraction of sp³-hybridized carbons (Fsp3) is 0.455. The second kappa shape index (κ2) is 4.84. The van der Waals surface area contributed by atoms with Crippen molar-refractivity contribution in [3.63, 3.8) is 0 Å². The molecule has 0 bridgehead atoms. The van der Waals surface area contributed by atoms with Crippen LogP contribution >= 0.6 is 11.6 Å². The Hall–Kier alpha value is -0.780. The molecule has 1 saturated heterocycles. The van der Waals surface area contributed by atoms with Gasteiger partial charge in [0.2, 0.25) is 0 Å². The number of morpholine rings is 1. The van der Waals surface area contributed by atoms with Crippen molar-refractivity contribution in [2.75, 3.05) is 19.8 Å². The third kappa shape index (κ3) is 2.73. The lowest BCUT2D eigenvalue weighted by Gasteiger charge is -2.27. The second-order valence-electron chi connectivity index (χ2n) is 3.78. The second-order valence-corrected chi connectivity index (χ2v) is 4.19. The molecule has 0 amide bonds. The normalized spacial score (nSPS) is 21.5. The highest BCUT2D eigenvalue weighted by Gasteiger charge is 2.36. The molecule has 1 fully saturated rings. The monoisotopic (exact) mass is 265 g/mol. The summed E-state index contributed by atoms with van der Waals surface area (Å²) in [5.41, 5.74) is -0.630. The molecule has 0 aromatic heterocycles. The van der Waals surface area contributed by atoms with Gasteiger partial charge in [0.25, 0.3) is 0 Å². The van der Waals surface area contributed by atoms with Gasteiger partial charge in [-0.2, -0.15) is 13.2 Å². The van der Waals surface area contributed by atoms with Crippen molar-refractivity contribution >= 4 is 11.6 Å². The molecule has 2 rings (SSSR count). The van der Waals surface area contributed by atoms with Crippen molar-refractivity contribution in [3.05, 3.63) is 34.3 Å². The van der Waals surface area contributed by atoms with Crippen LogP contribution in [0.5, 0.6) is 0 Å². The number of alkyl halides is 3. The number of nitrogens with one attached hydrogen (secondary N) is 1. The highest BCUT2D eigenvalue weighted by atomic mass is 35.5. The average molecular weight is 266 g/mol. The molecule has 17 heavy (non-hydrogen) atoms. The maximum Gasteiger partial charge on any atom is 0.416 e. The van der Waals surface area contributed by atoms with Gasteiger partial charge in [-0.05, 0) is 12.1 Å². The highest BCUT2D eigenvalue weighted by molar-refractivity contribution is 6.31. The molecule has 1 aliphatic rings. The molecule has 0 spiro atoms. The van der Waals surface area contributed by atoms with E-state index in [-0.39, 0.29) is 17.2 Å². The fourth-order valence-electron chi connectivity index (χ4n) is 1.89. The highest BCUT2D eigenvalue weighted by Crippen LogP contribution is 2.38. The van der Waals surface area contributed by atoms with Gasteiger partial charge in [-0.1, -0.05) is 17.7 Å². The molecule has 1 aliphatic heterocycles. The first-order valence-electron chi connectivity index (χ1n) is 5.17. The summed E-state index contributed by atoms with van der Waals surface area (Å²) in [6.07, 6.45) is -4.40. The van der Waals surface area contributed by atoms with Gasteiger partial charge >= 0.3 is 6.18 Å². The lowest BCUT2D eigenvalue weighted by molar-refractivity contribution is -0.138. The topological polar surface area (TPSA) is 21.3 Å². The number of rotatable bonds is 1. The predicted octanol–water partition coefficient (Wildman–Crippen LogP) is 3.02. The van der Waals surface area contributed by atoms with Gasteiger partial charge in [-0.25, -0.2) is 0 Å². The summed E-state index contributed by atoms with van der Waals surface area (Å²) in [6, 6.07) is 3.30. The van der Waals surface area contributed by atoms with E-state index >= 15 is 0 Å². The minimum Gasteiger partial charge on any atom is -0.378 e. The molecule has 6 heteroatoms. The molecule has 1 heterocycles. The quantitative estimate of drug-likeness (QED) is 0.843. The summed E-state index contributed by atoms with van der Waals surface area (Å²) in [4.78, 5) is 0. The number of ether oxygens (including phenoxy) is 1. The molecule has 1 aromatic rings. The van der Waals surface area contributed by atoms with Crippen LogP contribution in [0, 0.1) is 0 Å². The van der Waals surface area contributed by atoms with Gasteiger partial charge in [0.05, 0.1) is 24.8 Å². The van der Waals surface area contributed by atoms with Crippen LogP contribution < -0.4 is 5.32 Å². The number of benzene rings is 1. The Labute approximate surface area is 102 Å². The molecule has 1 aromatic carbocycles. The zero-order valence-electron chi connectivity index (χ0n) is 8.85. The van der Waals surface area contributed by atoms with Crippen LogP contribution in [0.2, 0.25) is 5.02 Å². The van der Waals surface area contributed by atoms with Crippen LogP contribution in [0.15, 0.2) is 18.2 Å². The summed E-state index contributed by atoms with van der Waals surface area (Å²) >= 11 is 5.87. The van der Waals surface area contributed by atoms with E-state index in [9.17, 15) is 13.2 Å². The summed E-state index contributed by atoms with van der Waals surface area (Å²) in [5, 5.41) is 3.09. The fourth-order valence-corrected chi connectivity index (χ4v) is 2.20. The molecule has 1 atom stereocenters. The van der Waals surface area contributed by atoms with Crippen LogP contribution in [0.4, 0.5) is 13.2 Å². The van der Waals surface area contributed by atoms with Crippen LogP contribution in [0.25, 0.3) is 0 Å². The van der Waals surface area contributed by atoms with Crippen LogP contribution in [0.3, 0.4) is 0 Å². The van der Waals surface area contributed by atoms with Crippen LogP contribution in [-0.2, 0) is 10.9 Å². The Morgan fingerprint density at radius 2 is 2.12 bits per heavy atom. The van der Waals surface area contributed by atoms with Crippen LogP contribution in [0.1, 0.15) is 17.2 Å². The first-order chi connectivity index (χ1) is 8.00. The molecular weight excluding hydrogens is 255 g/mol. The molecule has 94 valence electrons. The molecule has 1 N–H and O–H groups in total. The van der Waals surface area contributed by atoms with Gasteiger partial charge in [-0.15, -0.1) is 0 Å². The third-order valence-electron chi connectivity index (χ3n) is 2.63. The number of hydrogen-bond donors (Lipinski definition) is 1. The third-order valence-corrected chi connectivity index (χ3v) is 2.96. The van der Waals surface area contributed by atoms with E-state index in [0.717, 1.165) is 6.07 Å². The number of hydrogen-bond acceptors (Lipinski definition) is 2.